The Balaban J connectivity index is 1.68. The number of rotatable bonds is 6. The van der Waals surface area contributed by atoms with E-state index in [0.29, 0.717) is 67.2 Å². The lowest BCUT2D eigenvalue weighted by atomic mass is 10.0. The summed E-state index contributed by atoms with van der Waals surface area (Å²) in [7, 11) is -0.0974. The van der Waals surface area contributed by atoms with Crippen LogP contribution in [-0.4, -0.2) is 54.8 Å². The lowest BCUT2D eigenvalue weighted by molar-refractivity contribution is 0.102. The number of aromatic nitrogens is 3. The summed E-state index contributed by atoms with van der Waals surface area (Å²) in [5.74, 6) is 0.695. The topological polar surface area (TPSA) is 112 Å². The molecule has 1 saturated heterocycles. The van der Waals surface area contributed by atoms with Crippen LogP contribution in [0.15, 0.2) is 42.5 Å². The molecule has 1 aliphatic rings. The summed E-state index contributed by atoms with van der Waals surface area (Å²) in [6, 6.07) is 11.4. The van der Waals surface area contributed by atoms with Crippen molar-refractivity contribution in [1.82, 2.24) is 14.8 Å². The van der Waals surface area contributed by atoms with Gasteiger partial charge in [0.1, 0.15) is 0 Å². The number of fused-ring (bicyclic) bond motifs is 1. The molecule has 5 rings (SSSR count). The van der Waals surface area contributed by atoms with Crippen LogP contribution in [0.2, 0.25) is 10.0 Å². The van der Waals surface area contributed by atoms with E-state index in [2.05, 4.69) is 10.4 Å². The fraction of sp³-hybridized carbons (Fsp3) is 0.269. The van der Waals surface area contributed by atoms with Crippen molar-refractivity contribution in [1.29, 1.82) is 0 Å². The van der Waals surface area contributed by atoms with E-state index in [1.54, 1.807) is 55.1 Å². The molecule has 1 amide bonds. The molecule has 1 N–H and O–H groups in total. The van der Waals surface area contributed by atoms with Crippen LogP contribution >= 0.6 is 23.2 Å². The summed E-state index contributed by atoms with van der Waals surface area (Å²) in [4.78, 5) is 18.5. The molecule has 2 aromatic heterocycles. The van der Waals surface area contributed by atoms with Crippen LogP contribution in [0.3, 0.4) is 0 Å². The number of methoxy groups -OCH3 is 2. The van der Waals surface area contributed by atoms with Crippen LogP contribution in [0.25, 0.3) is 22.3 Å². The maximum atomic E-state index is 13.6. The maximum absolute atomic E-state index is 13.6. The minimum atomic E-state index is -3.18. The molecule has 0 aliphatic carbocycles. The summed E-state index contributed by atoms with van der Waals surface area (Å²) in [5.41, 5.74) is 2.95. The highest BCUT2D eigenvalue weighted by atomic mass is 35.5. The van der Waals surface area contributed by atoms with Gasteiger partial charge in [0.05, 0.1) is 64.1 Å². The lowest BCUT2D eigenvalue weighted by Crippen LogP contribution is -2.15. The monoisotopic (exact) mass is 574 g/mol. The third kappa shape index (κ3) is 4.91. The molecule has 9 nitrogen and oxygen atoms in total. The predicted molar refractivity (Wildman–Crippen MR) is 148 cm³/mol. The minimum absolute atomic E-state index is 0.0315. The van der Waals surface area contributed by atoms with E-state index in [4.69, 9.17) is 37.7 Å². The van der Waals surface area contributed by atoms with E-state index >= 15 is 0 Å². The van der Waals surface area contributed by atoms with Crippen molar-refractivity contribution in [3.8, 4) is 22.8 Å². The molecule has 4 aromatic rings. The zero-order valence-electron chi connectivity index (χ0n) is 20.8. The van der Waals surface area contributed by atoms with E-state index < -0.39 is 15.7 Å². The molecule has 3 heterocycles. The lowest BCUT2D eigenvalue weighted by Gasteiger charge is -2.14. The Morgan fingerprint density at radius 1 is 1.05 bits per heavy atom. The van der Waals surface area contributed by atoms with Crippen LogP contribution in [0.5, 0.6) is 11.5 Å². The molecule has 1 unspecified atom stereocenters. The molecule has 0 spiro atoms. The zero-order valence-corrected chi connectivity index (χ0v) is 23.1. The van der Waals surface area contributed by atoms with E-state index in [-0.39, 0.29) is 17.5 Å². The number of ether oxygens (including phenoxy) is 2. The molecule has 0 bridgehead atoms. The molecule has 2 aromatic carbocycles. The highest BCUT2D eigenvalue weighted by Gasteiger charge is 2.32. The van der Waals surface area contributed by atoms with Gasteiger partial charge >= 0.3 is 0 Å². The van der Waals surface area contributed by atoms with Crippen molar-refractivity contribution < 1.29 is 22.7 Å². The van der Waals surface area contributed by atoms with Gasteiger partial charge in [0.15, 0.2) is 27.0 Å². The van der Waals surface area contributed by atoms with Gasteiger partial charge in [-0.25, -0.2) is 18.1 Å². The van der Waals surface area contributed by atoms with Crippen molar-refractivity contribution in [2.45, 2.75) is 19.4 Å². The van der Waals surface area contributed by atoms with Gasteiger partial charge in [-0.05, 0) is 55.8 Å². The van der Waals surface area contributed by atoms with Gasteiger partial charge in [-0.3, -0.25) is 4.79 Å². The van der Waals surface area contributed by atoms with Gasteiger partial charge in [0.2, 0.25) is 0 Å². The average Bonchev–Trinajstić information content (AvgIpc) is 3.43. The number of sulfone groups is 1. The number of nitrogens with one attached hydrogen (secondary N) is 1. The Hall–Kier alpha value is -3.34. The largest absolute Gasteiger partial charge is 0.493 e. The number of carbonyl (C=O) groups excluding carboxylic acids is 1. The first-order chi connectivity index (χ1) is 18.1. The molecule has 1 fully saturated rings. The molecular weight excluding hydrogens is 551 g/mol. The Morgan fingerprint density at radius 2 is 1.82 bits per heavy atom. The van der Waals surface area contributed by atoms with E-state index in [9.17, 15) is 13.2 Å². The van der Waals surface area contributed by atoms with E-state index in [0.717, 1.165) is 0 Å². The smallest absolute Gasteiger partial charge is 0.256 e. The number of amides is 1. The molecular formula is C26H24Cl2N4O5S. The second-order valence-corrected chi connectivity index (χ2v) is 12.0. The highest BCUT2D eigenvalue weighted by molar-refractivity contribution is 7.91. The summed E-state index contributed by atoms with van der Waals surface area (Å²) >= 11 is 12.2. The van der Waals surface area contributed by atoms with Gasteiger partial charge in [0.25, 0.3) is 5.91 Å². The molecule has 1 aliphatic heterocycles. The number of hydrogen-bond donors (Lipinski definition) is 1. The van der Waals surface area contributed by atoms with Crippen LogP contribution in [0.1, 0.15) is 28.5 Å². The summed E-state index contributed by atoms with van der Waals surface area (Å²) in [6.07, 6.45) is 0.422. The Kier molecular flexibility index (Phi) is 6.97. The standard InChI is InChI=1S/C26H24Cl2N4O5S/c1-14-24-18(26(33)29-16-5-6-19(27)20(28)11-16)12-21(15-4-7-22(36-2)23(10-15)37-3)30-25(24)32(31-14)17-8-9-38(34,35)13-17/h4-7,10-12,17H,8-9,13H2,1-3H3,(H,29,33). The number of halogens is 2. The third-order valence-electron chi connectivity index (χ3n) is 6.49. The van der Waals surface area contributed by atoms with Gasteiger partial charge in [-0.15, -0.1) is 0 Å². The fourth-order valence-electron chi connectivity index (χ4n) is 4.63. The Labute approximate surface area is 229 Å². The SMILES string of the molecule is COc1ccc(-c2cc(C(=O)Nc3ccc(Cl)c(Cl)c3)c3c(C)nn(C4CCS(=O)(=O)C4)c3n2)cc1OC. The zero-order chi connectivity index (χ0) is 27.2. The summed E-state index contributed by atoms with van der Waals surface area (Å²) in [6.45, 7) is 1.77. The van der Waals surface area contributed by atoms with E-state index in [1.807, 2.05) is 6.07 Å². The molecule has 12 heteroatoms. The van der Waals surface area contributed by atoms with Crippen LogP contribution in [0.4, 0.5) is 5.69 Å². The molecule has 0 saturated carbocycles. The van der Waals surface area contributed by atoms with Crippen molar-refractivity contribution in [2.75, 3.05) is 31.0 Å². The highest BCUT2D eigenvalue weighted by Crippen LogP contribution is 2.36. The van der Waals surface area contributed by atoms with Gasteiger partial charge in [-0.2, -0.15) is 5.10 Å². The van der Waals surface area contributed by atoms with Crippen molar-refractivity contribution in [2.24, 2.45) is 0 Å². The number of carbonyl (C=O) groups is 1. The molecule has 0 radical (unpaired) electrons. The molecule has 198 valence electrons. The number of aryl methyl sites for hydroxylation is 1. The van der Waals surface area contributed by atoms with Gasteiger partial charge in [-0.1, -0.05) is 23.2 Å². The average molecular weight is 575 g/mol. The molecule has 38 heavy (non-hydrogen) atoms. The normalized spacial score (nSPS) is 16.5. The quantitative estimate of drug-likeness (QED) is 0.330. The second kappa shape index (κ2) is 10.1. The number of hydrogen-bond acceptors (Lipinski definition) is 7. The first kappa shape index (κ1) is 26.3. The molecule has 1 atom stereocenters. The van der Waals surface area contributed by atoms with Crippen LogP contribution < -0.4 is 14.8 Å². The van der Waals surface area contributed by atoms with Crippen molar-refractivity contribution >= 4 is 55.7 Å². The number of pyridine rings is 1. The first-order valence-electron chi connectivity index (χ1n) is 11.7. The third-order valence-corrected chi connectivity index (χ3v) is 8.98. The van der Waals surface area contributed by atoms with E-state index in [1.165, 1.54) is 7.11 Å². The second-order valence-electron chi connectivity index (χ2n) is 8.99. The fourth-order valence-corrected chi connectivity index (χ4v) is 6.62. The van der Waals surface area contributed by atoms with Gasteiger partial charge in [0, 0.05) is 11.3 Å². The van der Waals surface area contributed by atoms with Gasteiger partial charge < -0.3 is 14.8 Å². The van der Waals surface area contributed by atoms with Crippen LogP contribution in [0, 0.1) is 6.92 Å². The summed E-state index contributed by atoms with van der Waals surface area (Å²) in [5, 5.41) is 8.72. The number of benzene rings is 2. The maximum Gasteiger partial charge on any atom is 0.256 e. The summed E-state index contributed by atoms with van der Waals surface area (Å²) < 4.78 is 36.9. The van der Waals surface area contributed by atoms with Crippen molar-refractivity contribution in [3.63, 3.8) is 0 Å². The van der Waals surface area contributed by atoms with Crippen LogP contribution in [-0.2, 0) is 9.84 Å². The predicted octanol–water partition coefficient (Wildman–Crippen LogP) is 5.34. The number of nitrogens with zero attached hydrogens (tertiary/aromatic N) is 3. The minimum Gasteiger partial charge on any atom is -0.493 e. The Bertz CT molecular complexity index is 1690. The first-order valence-corrected chi connectivity index (χ1v) is 14.3. The van der Waals surface area contributed by atoms with Crippen molar-refractivity contribution in [3.05, 3.63) is 63.8 Å². The number of anilines is 1. The Morgan fingerprint density at radius 3 is 2.47 bits per heavy atom.